The molecule has 3 aliphatic heterocycles. The third-order valence-electron chi connectivity index (χ3n) is 5.94. The van der Waals surface area contributed by atoms with Crippen LogP contribution in [-0.2, 0) is 0 Å². The predicted molar refractivity (Wildman–Crippen MR) is 96.5 cm³/mol. The molecule has 25 heavy (non-hydrogen) atoms. The highest BCUT2D eigenvalue weighted by Crippen LogP contribution is 2.44. The Morgan fingerprint density at radius 1 is 1.44 bits per heavy atom. The number of rotatable bonds is 4. The average molecular weight is 340 g/mol. The topological polar surface area (TPSA) is 65.8 Å². The van der Waals surface area contributed by atoms with Crippen molar-refractivity contribution in [2.24, 2.45) is 5.92 Å². The number of pyridine rings is 1. The number of aliphatic hydroxyl groups is 2. The average Bonchev–Trinajstić information content (AvgIpc) is 2.66. The summed E-state index contributed by atoms with van der Waals surface area (Å²) in [5.74, 6) is 0.901. The Morgan fingerprint density at radius 2 is 2.28 bits per heavy atom. The van der Waals surface area contributed by atoms with Crippen LogP contribution >= 0.6 is 0 Å². The molecule has 1 aromatic heterocycles. The lowest BCUT2D eigenvalue weighted by atomic mass is 9.71. The van der Waals surface area contributed by atoms with Gasteiger partial charge in [-0.15, -0.1) is 6.58 Å². The molecule has 0 aliphatic carbocycles. The molecule has 4 heterocycles. The van der Waals surface area contributed by atoms with Gasteiger partial charge < -0.3 is 14.9 Å². The molecule has 0 spiro atoms. The number of methoxy groups -OCH3 is 1. The van der Waals surface area contributed by atoms with Crippen molar-refractivity contribution in [3.63, 3.8) is 0 Å². The van der Waals surface area contributed by atoms with Crippen LogP contribution in [0, 0.1) is 5.92 Å². The first-order chi connectivity index (χ1) is 12.1. The Morgan fingerprint density at radius 3 is 2.96 bits per heavy atom. The van der Waals surface area contributed by atoms with E-state index in [9.17, 15) is 10.2 Å². The van der Waals surface area contributed by atoms with Crippen LogP contribution < -0.4 is 4.74 Å². The van der Waals surface area contributed by atoms with E-state index in [1.807, 2.05) is 24.3 Å². The molecule has 0 amide bonds. The van der Waals surface area contributed by atoms with E-state index in [4.69, 9.17) is 4.74 Å². The van der Waals surface area contributed by atoms with Crippen LogP contribution in [0.1, 0.15) is 24.5 Å². The summed E-state index contributed by atoms with van der Waals surface area (Å²) in [7, 11) is 1.63. The number of aromatic nitrogens is 1. The summed E-state index contributed by atoms with van der Waals surface area (Å²) in [6.45, 7) is 5.24. The standard InChI is InChI=1S/C20H24N2O3/c1-3-20(24)12-22-9-7-13(20)10-18(22)19(23)15-6-8-21-17-5-4-14(25-2)11-16(15)17/h3-6,8,11,13,18-19,23-24H,1,7,9-10,12H2,2H3/t13-,18-,19?,20?/m1/s1. The number of aliphatic hydroxyl groups excluding tert-OH is 1. The van der Waals surface area contributed by atoms with Gasteiger partial charge >= 0.3 is 0 Å². The van der Waals surface area contributed by atoms with Gasteiger partial charge in [-0.05, 0) is 55.1 Å². The third kappa shape index (κ3) is 2.63. The molecule has 0 saturated carbocycles. The lowest BCUT2D eigenvalue weighted by Crippen LogP contribution is -2.63. The van der Waals surface area contributed by atoms with E-state index in [0.29, 0.717) is 6.54 Å². The van der Waals surface area contributed by atoms with Crippen molar-refractivity contribution >= 4 is 10.9 Å². The van der Waals surface area contributed by atoms with Gasteiger partial charge in [0.15, 0.2) is 0 Å². The van der Waals surface area contributed by atoms with Crippen molar-refractivity contribution < 1.29 is 14.9 Å². The maximum atomic E-state index is 11.2. The number of fused-ring (bicyclic) bond motifs is 4. The lowest BCUT2D eigenvalue weighted by Gasteiger charge is -2.54. The van der Waals surface area contributed by atoms with Crippen molar-refractivity contribution in [1.82, 2.24) is 9.88 Å². The van der Waals surface area contributed by atoms with Crippen LogP contribution in [-0.4, -0.2) is 51.9 Å². The zero-order chi connectivity index (χ0) is 17.6. The molecule has 0 radical (unpaired) electrons. The summed E-state index contributed by atoms with van der Waals surface area (Å²) in [6, 6.07) is 7.60. The Labute approximate surface area is 147 Å². The van der Waals surface area contributed by atoms with Crippen LogP contribution in [0.3, 0.4) is 0 Å². The third-order valence-corrected chi connectivity index (χ3v) is 5.94. The highest BCUT2D eigenvalue weighted by atomic mass is 16.5. The Hall–Kier alpha value is -1.95. The molecule has 3 aliphatic rings. The van der Waals surface area contributed by atoms with Gasteiger partial charge in [-0.2, -0.15) is 0 Å². The first-order valence-corrected chi connectivity index (χ1v) is 8.76. The summed E-state index contributed by atoms with van der Waals surface area (Å²) in [4.78, 5) is 6.59. The minimum Gasteiger partial charge on any atom is -0.497 e. The van der Waals surface area contributed by atoms with E-state index in [1.165, 1.54) is 0 Å². The predicted octanol–water partition coefficient (Wildman–Crippen LogP) is 2.29. The highest BCUT2D eigenvalue weighted by molar-refractivity contribution is 5.83. The number of piperidine rings is 3. The summed E-state index contributed by atoms with van der Waals surface area (Å²) in [6.07, 6.45) is 4.48. The molecule has 2 aromatic rings. The fourth-order valence-electron chi connectivity index (χ4n) is 4.45. The maximum absolute atomic E-state index is 11.2. The molecule has 132 valence electrons. The molecule has 3 saturated heterocycles. The molecule has 3 unspecified atom stereocenters. The fourth-order valence-corrected chi connectivity index (χ4v) is 4.45. The normalized spacial score (nSPS) is 32.5. The zero-order valence-electron chi connectivity index (χ0n) is 14.4. The van der Waals surface area contributed by atoms with Crippen LogP contribution in [0.2, 0.25) is 0 Å². The summed E-state index contributed by atoms with van der Waals surface area (Å²) in [5.41, 5.74) is 0.873. The van der Waals surface area contributed by atoms with E-state index in [0.717, 1.165) is 41.6 Å². The van der Waals surface area contributed by atoms with Crippen molar-refractivity contribution in [1.29, 1.82) is 0 Å². The first kappa shape index (κ1) is 16.5. The number of hydrogen-bond donors (Lipinski definition) is 2. The van der Waals surface area contributed by atoms with Crippen LogP contribution in [0.15, 0.2) is 43.1 Å². The monoisotopic (exact) mass is 340 g/mol. The van der Waals surface area contributed by atoms with Crippen LogP contribution in [0.5, 0.6) is 5.75 Å². The molecular formula is C20H24N2O3. The quantitative estimate of drug-likeness (QED) is 0.836. The number of ether oxygens (including phenoxy) is 1. The molecular weight excluding hydrogens is 316 g/mol. The summed E-state index contributed by atoms with van der Waals surface area (Å²) < 4.78 is 5.33. The molecule has 1 aromatic carbocycles. The van der Waals surface area contributed by atoms with E-state index < -0.39 is 11.7 Å². The Kier molecular flexibility index (Phi) is 4.02. The molecule has 5 heteroatoms. The van der Waals surface area contributed by atoms with Gasteiger partial charge in [0.25, 0.3) is 0 Å². The van der Waals surface area contributed by atoms with Crippen molar-refractivity contribution in [2.75, 3.05) is 20.2 Å². The molecule has 3 fully saturated rings. The van der Waals surface area contributed by atoms with Gasteiger partial charge in [0.1, 0.15) is 5.75 Å². The number of hydrogen-bond acceptors (Lipinski definition) is 5. The second-order valence-electron chi connectivity index (χ2n) is 7.18. The van der Waals surface area contributed by atoms with Gasteiger partial charge in [-0.3, -0.25) is 9.88 Å². The van der Waals surface area contributed by atoms with E-state index in [1.54, 1.807) is 19.4 Å². The molecule has 5 rings (SSSR count). The SMILES string of the molecule is C=CC1(O)CN2CC[C@@H]1C[C@@H]2C(O)c1ccnc2ccc(OC)cc12. The number of benzene rings is 1. The van der Waals surface area contributed by atoms with Gasteiger partial charge in [0, 0.05) is 24.2 Å². The number of nitrogens with zero attached hydrogens (tertiary/aromatic N) is 2. The van der Waals surface area contributed by atoms with Crippen LogP contribution in [0.4, 0.5) is 0 Å². The van der Waals surface area contributed by atoms with Crippen molar-refractivity contribution in [2.45, 2.75) is 30.6 Å². The molecule has 5 atom stereocenters. The van der Waals surface area contributed by atoms with Crippen LogP contribution in [0.25, 0.3) is 10.9 Å². The van der Waals surface area contributed by atoms with E-state index in [-0.39, 0.29) is 12.0 Å². The Bertz CT molecular complexity index is 809. The summed E-state index contributed by atoms with van der Waals surface area (Å²) in [5, 5.41) is 22.8. The van der Waals surface area contributed by atoms with Crippen molar-refractivity contribution in [3.05, 3.63) is 48.7 Å². The second-order valence-corrected chi connectivity index (χ2v) is 7.18. The maximum Gasteiger partial charge on any atom is 0.119 e. The van der Waals surface area contributed by atoms with Gasteiger partial charge in [0.05, 0.1) is 24.3 Å². The van der Waals surface area contributed by atoms with Gasteiger partial charge in [0.2, 0.25) is 0 Å². The molecule has 2 N–H and O–H groups in total. The minimum absolute atomic E-state index is 0.00391. The summed E-state index contributed by atoms with van der Waals surface area (Å²) >= 11 is 0. The molecule has 2 bridgehead atoms. The Balaban J connectivity index is 1.69. The zero-order valence-corrected chi connectivity index (χ0v) is 14.4. The minimum atomic E-state index is -0.835. The van der Waals surface area contributed by atoms with E-state index in [2.05, 4.69) is 16.5 Å². The fraction of sp³-hybridized carbons (Fsp3) is 0.450. The second kappa shape index (κ2) is 6.09. The first-order valence-electron chi connectivity index (χ1n) is 8.76. The largest absolute Gasteiger partial charge is 0.497 e. The van der Waals surface area contributed by atoms with Gasteiger partial charge in [-0.1, -0.05) is 6.08 Å². The smallest absolute Gasteiger partial charge is 0.119 e. The van der Waals surface area contributed by atoms with Gasteiger partial charge in [-0.25, -0.2) is 0 Å². The van der Waals surface area contributed by atoms with Crippen molar-refractivity contribution in [3.8, 4) is 5.75 Å². The lowest BCUT2D eigenvalue weighted by molar-refractivity contribution is -0.127. The van der Waals surface area contributed by atoms with E-state index >= 15 is 0 Å². The molecule has 5 nitrogen and oxygen atoms in total. The highest BCUT2D eigenvalue weighted by Gasteiger charge is 2.49.